The van der Waals surface area contributed by atoms with Crippen LogP contribution in [-0.4, -0.2) is 48.6 Å². The summed E-state index contributed by atoms with van der Waals surface area (Å²) in [6.45, 7) is 2.27. The number of likely N-dealkylation sites (tertiary alicyclic amines) is 1. The number of benzene rings is 2. The van der Waals surface area contributed by atoms with Crippen LogP contribution in [-0.2, 0) is 4.79 Å². The van der Waals surface area contributed by atoms with E-state index < -0.39 is 17.7 Å². The van der Waals surface area contributed by atoms with Crippen molar-refractivity contribution < 1.29 is 14.4 Å². The Balaban J connectivity index is 1.45. The van der Waals surface area contributed by atoms with Crippen molar-refractivity contribution in [1.29, 1.82) is 0 Å². The molecule has 0 bridgehead atoms. The molecule has 3 amide bonds. The van der Waals surface area contributed by atoms with E-state index in [4.69, 9.17) is 0 Å². The normalized spacial score (nSPS) is 16.9. The van der Waals surface area contributed by atoms with Crippen LogP contribution < -0.4 is 10.2 Å². The second kappa shape index (κ2) is 8.89. The summed E-state index contributed by atoms with van der Waals surface area (Å²) in [6.07, 6.45) is 4.88. The molecule has 2 aromatic rings. The van der Waals surface area contributed by atoms with Crippen molar-refractivity contribution in [2.45, 2.75) is 19.3 Å². The number of hydrogen-bond donors (Lipinski definition) is 1. The minimum Gasteiger partial charge on any atom is -0.306 e. The van der Waals surface area contributed by atoms with Crippen LogP contribution in [0.4, 0.5) is 16.2 Å². The monoisotopic (exact) mass is 468 g/mol. The zero-order valence-corrected chi connectivity index (χ0v) is 17.9. The van der Waals surface area contributed by atoms with Crippen LogP contribution in [0.25, 0.3) is 0 Å². The van der Waals surface area contributed by atoms with Gasteiger partial charge in [-0.1, -0.05) is 34.5 Å². The number of urea groups is 1. The fraction of sp³-hybridized carbons (Fsp3) is 0.273. The molecule has 1 N–H and O–H groups in total. The predicted octanol–water partition coefficient (Wildman–Crippen LogP) is 4.07. The SMILES string of the molecule is O=C(/N=C/c1ccc(Br)cc1)Nc1ccc2c(c1)C(=O)C(=O)N2CN1CCCCC1. The molecule has 7 nitrogen and oxygen atoms in total. The van der Waals surface area contributed by atoms with Crippen LogP contribution >= 0.6 is 15.9 Å². The molecule has 0 atom stereocenters. The number of carbonyl (C=O) groups is 3. The molecule has 2 aromatic carbocycles. The van der Waals surface area contributed by atoms with Gasteiger partial charge in [-0.25, -0.2) is 9.79 Å². The number of amides is 3. The maximum absolute atomic E-state index is 12.5. The molecular weight excluding hydrogens is 448 g/mol. The number of rotatable bonds is 4. The van der Waals surface area contributed by atoms with Gasteiger partial charge in [0.15, 0.2) is 0 Å². The van der Waals surface area contributed by atoms with E-state index in [9.17, 15) is 14.4 Å². The third kappa shape index (κ3) is 4.49. The van der Waals surface area contributed by atoms with Gasteiger partial charge in [0.2, 0.25) is 0 Å². The minimum atomic E-state index is -0.556. The lowest BCUT2D eigenvalue weighted by molar-refractivity contribution is -0.114. The summed E-state index contributed by atoms with van der Waals surface area (Å²) in [5.74, 6) is -1.07. The summed E-state index contributed by atoms with van der Waals surface area (Å²) in [6, 6.07) is 11.8. The van der Waals surface area contributed by atoms with Crippen molar-refractivity contribution in [1.82, 2.24) is 4.90 Å². The third-order valence-electron chi connectivity index (χ3n) is 5.21. The lowest BCUT2D eigenvalue weighted by atomic mass is 10.1. The number of piperidine rings is 1. The summed E-state index contributed by atoms with van der Waals surface area (Å²) in [5, 5.41) is 2.65. The largest absolute Gasteiger partial charge is 0.345 e. The van der Waals surface area contributed by atoms with Crippen LogP contribution in [0.5, 0.6) is 0 Å². The van der Waals surface area contributed by atoms with Gasteiger partial charge in [-0.05, 0) is 61.8 Å². The first-order valence-electron chi connectivity index (χ1n) is 9.84. The van der Waals surface area contributed by atoms with E-state index >= 15 is 0 Å². The first-order valence-corrected chi connectivity index (χ1v) is 10.6. The molecule has 154 valence electrons. The van der Waals surface area contributed by atoms with Gasteiger partial charge in [0, 0.05) is 16.4 Å². The van der Waals surface area contributed by atoms with E-state index in [1.165, 1.54) is 17.5 Å². The maximum atomic E-state index is 12.5. The number of Topliss-reactive ketones (excluding diaryl/α,β-unsaturated/α-hetero) is 1. The molecule has 0 unspecified atom stereocenters. The van der Waals surface area contributed by atoms with E-state index in [1.807, 2.05) is 24.3 Å². The standard InChI is InChI=1S/C22H21BrN4O3/c23-16-6-4-15(5-7-16)13-24-22(30)25-17-8-9-19-18(12-17)20(28)21(29)27(19)14-26-10-2-1-3-11-26/h4-9,12-13H,1-3,10-11,14H2,(H,25,30)/b24-13+. The van der Waals surface area contributed by atoms with Gasteiger partial charge in [0.1, 0.15) is 0 Å². The molecule has 0 aliphatic carbocycles. The Labute approximate surface area is 182 Å². The van der Waals surface area contributed by atoms with Crippen LogP contribution in [0.1, 0.15) is 35.2 Å². The molecule has 30 heavy (non-hydrogen) atoms. The number of aliphatic imine (C=N–C) groups is 1. The van der Waals surface area contributed by atoms with Crippen LogP contribution in [0.3, 0.4) is 0 Å². The smallest absolute Gasteiger partial charge is 0.306 e. The van der Waals surface area contributed by atoms with Gasteiger partial charge in [-0.15, -0.1) is 0 Å². The lowest BCUT2D eigenvalue weighted by Gasteiger charge is -2.30. The number of carbonyl (C=O) groups excluding carboxylic acids is 3. The second-order valence-corrected chi connectivity index (χ2v) is 8.27. The molecule has 4 rings (SSSR count). The van der Waals surface area contributed by atoms with Gasteiger partial charge in [0.25, 0.3) is 5.78 Å². The van der Waals surface area contributed by atoms with Crippen LogP contribution in [0, 0.1) is 0 Å². The first kappa shape index (κ1) is 20.4. The van der Waals surface area contributed by atoms with Crippen molar-refractivity contribution in [2.75, 3.05) is 30.0 Å². The van der Waals surface area contributed by atoms with Crippen LogP contribution in [0.15, 0.2) is 51.9 Å². The summed E-state index contributed by atoms with van der Waals surface area (Å²) in [4.78, 5) is 44.7. The minimum absolute atomic E-state index is 0.312. The molecule has 2 aliphatic rings. The Hall–Kier alpha value is -2.84. The average molecular weight is 469 g/mol. The molecule has 1 saturated heterocycles. The quantitative estimate of drug-likeness (QED) is 0.541. The highest BCUT2D eigenvalue weighted by molar-refractivity contribution is 9.10. The Morgan fingerprint density at radius 1 is 1.07 bits per heavy atom. The highest BCUT2D eigenvalue weighted by Gasteiger charge is 2.37. The zero-order chi connectivity index (χ0) is 21.1. The van der Waals surface area contributed by atoms with E-state index in [0.29, 0.717) is 23.6 Å². The van der Waals surface area contributed by atoms with E-state index in [-0.39, 0.29) is 0 Å². The molecule has 8 heteroatoms. The van der Waals surface area contributed by atoms with E-state index in [2.05, 4.69) is 31.1 Å². The van der Waals surface area contributed by atoms with Gasteiger partial charge in [0.05, 0.1) is 17.9 Å². The second-order valence-electron chi connectivity index (χ2n) is 7.35. The molecule has 2 heterocycles. The summed E-state index contributed by atoms with van der Waals surface area (Å²) < 4.78 is 0.941. The molecule has 0 saturated carbocycles. The first-order chi connectivity index (χ1) is 14.5. The zero-order valence-electron chi connectivity index (χ0n) is 16.3. The number of ketones is 1. The number of fused-ring (bicyclic) bond motifs is 1. The third-order valence-corrected chi connectivity index (χ3v) is 5.74. The number of nitrogens with zero attached hydrogens (tertiary/aromatic N) is 3. The van der Waals surface area contributed by atoms with Gasteiger partial charge in [-0.2, -0.15) is 0 Å². The van der Waals surface area contributed by atoms with Crippen molar-refractivity contribution >= 4 is 51.2 Å². The lowest BCUT2D eigenvalue weighted by Crippen LogP contribution is -2.43. The molecule has 0 aromatic heterocycles. The fourth-order valence-electron chi connectivity index (χ4n) is 3.66. The molecule has 2 aliphatic heterocycles. The summed E-state index contributed by atoms with van der Waals surface area (Å²) >= 11 is 3.35. The summed E-state index contributed by atoms with van der Waals surface area (Å²) in [5.41, 5.74) is 2.11. The fourth-order valence-corrected chi connectivity index (χ4v) is 3.92. The highest BCUT2D eigenvalue weighted by atomic mass is 79.9. The Kier molecular flexibility index (Phi) is 6.06. The van der Waals surface area contributed by atoms with Crippen LogP contribution in [0.2, 0.25) is 0 Å². The van der Waals surface area contributed by atoms with E-state index in [0.717, 1.165) is 36.0 Å². The number of nitrogens with one attached hydrogen (secondary N) is 1. The average Bonchev–Trinajstić information content (AvgIpc) is 2.99. The van der Waals surface area contributed by atoms with Gasteiger partial charge >= 0.3 is 11.9 Å². The van der Waals surface area contributed by atoms with Crippen molar-refractivity contribution in [3.8, 4) is 0 Å². The Bertz CT molecular complexity index is 1010. The maximum Gasteiger partial charge on any atom is 0.345 e. The van der Waals surface area contributed by atoms with Gasteiger partial charge < -0.3 is 5.32 Å². The number of hydrogen-bond acceptors (Lipinski definition) is 4. The van der Waals surface area contributed by atoms with Crippen molar-refractivity contribution in [2.24, 2.45) is 4.99 Å². The Morgan fingerprint density at radius 3 is 2.53 bits per heavy atom. The Morgan fingerprint density at radius 2 is 1.80 bits per heavy atom. The molecule has 1 fully saturated rings. The number of anilines is 2. The van der Waals surface area contributed by atoms with Crippen molar-refractivity contribution in [3.05, 3.63) is 58.1 Å². The van der Waals surface area contributed by atoms with E-state index in [1.54, 1.807) is 18.2 Å². The molecule has 0 radical (unpaired) electrons. The summed E-state index contributed by atoms with van der Waals surface area (Å²) in [7, 11) is 0. The molecule has 0 spiro atoms. The number of halogens is 1. The predicted molar refractivity (Wildman–Crippen MR) is 119 cm³/mol. The topological polar surface area (TPSA) is 82.1 Å². The van der Waals surface area contributed by atoms with Crippen molar-refractivity contribution in [3.63, 3.8) is 0 Å². The highest BCUT2D eigenvalue weighted by Crippen LogP contribution is 2.32. The van der Waals surface area contributed by atoms with Gasteiger partial charge in [-0.3, -0.25) is 19.4 Å². The molecular formula is C22H21BrN4O3.